The van der Waals surface area contributed by atoms with Crippen molar-refractivity contribution in [2.24, 2.45) is 0 Å². The molecule has 1 unspecified atom stereocenters. The quantitative estimate of drug-likeness (QED) is 0.0713. The number of nitrogens with zero attached hydrogens (tertiary/aromatic N) is 1. The molecule has 0 rings (SSSR count). The van der Waals surface area contributed by atoms with Crippen LogP contribution in [-0.2, 0) is 11.3 Å². The molecule has 0 bridgehead atoms. The minimum atomic E-state index is -2.01. The molecule has 0 heterocycles. The maximum Gasteiger partial charge on any atom is 0.148 e. The molecule has 194 valence electrons. The van der Waals surface area contributed by atoms with Crippen LogP contribution in [0.1, 0.15) is 162 Å². The molecular formula is C28H59NO2S. The predicted octanol–water partition coefficient (Wildman–Crippen LogP) is 9.24. The van der Waals surface area contributed by atoms with E-state index in [1.54, 1.807) is 0 Å². The van der Waals surface area contributed by atoms with Crippen LogP contribution in [0.4, 0.5) is 0 Å². The summed E-state index contributed by atoms with van der Waals surface area (Å²) >= 11 is -2.01. The van der Waals surface area contributed by atoms with Crippen molar-refractivity contribution in [1.82, 2.24) is 0 Å². The van der Waals surface area contributed by atoms with Crippen molar-refractivity contribution in [3.63, 3.8) is 0 Å². The topological polar surface area (TPSA) is 40.1 Å². The van der Waals surface area contributed by atoms with Crippen LogP contribution in [0.25, 0.3) is 0 Å². The van der Waals surface area contributed by atoms with Gasteiger partial charge in [0.1, 0.15) is 11.3 Å². The van der Waals surface area contributed by atoms with Crippen molar-refractivity contribution in [2.75, 3.05) is 19.6 Å². The van der Waals surface area contributed by atoms with Crippen molar-refractivity contribution in [3.8, 4) is 0 Å². The lowest BCUT2D eigenvalue weighted by atomic mass is 10.1. The van der Waals surface area contributed by atoms with E-state index in [0.717, 1.165) is 38.9 Å². The van der Waals surface area contributed by atoms with Crippen LogP contribution in [0.2, 0.25) is 0 Å². The highest BCUT2D eigenvalue weighted by molar-refractivity contribution is 7.73. The maximum absolute atomic E-state index is 12.4. The summed E-state index contributed by atoms with van der Waals surface area (Å²) in [7, 11) is 0. The minimum absolute atomic E-state index is 0.332. The zero-order chi connectivity index (χ0) is 23.8. The Balaban J connectivity index is 4.36. The monoisotopic (exact) mass is 473 g/mol. The molecule has 1 atom stereocenters. The number of quaternary nitrogens is 1. The highest BCUT2D eigenvalue weighted by Gasteiger charge is 2.28. The van der Waals surface area contributed by atoms with Gasteiger partial charge in [-0.25, -0.2) is 8.10 Å². The Hall–Kier alpha value is 0.0700. The molecule has 3 nitrogen and oxygen atoms in total. The van der Waals surface area contributed by atoms with Crippen LogP contribution in [0, 0.1) is 0 Å². The van der Waals surface area contributed by atoms with Crippen molar-refractivity contribution < 1.29 is 12.6 Å². The lowest BCUT2D eigenvalue weighted by molar-refractivity contribution is -0.807. The van der Waals surface area contributed by atoms with Crippen LogP contribution < -0.4 is 0 Å². The third-order valence-electron chi connectivity index (χ3n) is 7.07. The average molecular weight is 474 g/mol. The van der Waals surface area contributed by atoms with Gasteiger partial charge in [0, 0.05) is 0 Å². The summed E-state index contributed by atoms with van der Waals surface area (Å²) in [4.78, 5) is 0. The zero-order valence-electron chi connectivity index (χ0n) is 22.3. The molecule has 0 radical (unpaired) electrons. The Labute approximate surface area is 205 Å². The molecule has 0 saturated heterocycles. The summed E-state index contributed by atoms with van der Waals surface area (Å²) < 4.78 is 25.2. The van der Waals surface area contributed by atoms with Crippen LogP contribution >= 0.6 is 0 Å². The molecule has 0 saturated carbocycles. The van der Waals surface area contributed by atoms with Gasteiger partial charge in [-0.2, -0.15) is 0 Å². The fourth-order valence-electron chi connectivity index (χ4n) is 4.81. The van der Waals surface area contributed by atoms with Crippen LogP contribution in [-0.4, -0.2) is 32.3 Å². The van der Waals surface area contributed by atoms with E-state index < -0.39 is 11.3 Å². The summed E-state index contributed by atoms with van der Waals surface area (Å²) in [5.41, 5.74) is 0. The smallest absolute Gasteiger partial charge is 0.148 e. The Kier molecular flexibility index (Phi) is 24.3. The van der Waals surface area contributed by atoms with E-state index in [0.29, 0.717) is 3.89 Å². The molecule has 0 aliphatic rings. The van der Waals surface area contributed by atoms with E-state index in [9.17, 15) is 8.76 Å². The summed E-state index contributed by atoms with van der Waals surface area (Å²) in [6.07, 6.45) is 27.8. The number of hydrogen-bond acceptors (Lipinski definition) is 2. The average Bonchev–Trinajstić information content (AvgIpc) is 2.79. The first-order chi connectivity index (χ1) is 15.6. The third kappa shape index (κ3) is 18.5. The van der Waals surface area contributed by atoms with Gasteiger partial charge in [-0.1, -0.05) is 124 Å². The Morgan fingerprint density at radius 1 is 0.438 bits per heavy atom. The molecule has 0 aromatic rings. The Morgan fingerprint density at radius 3 is 0.875 bits per heavy atom. The first-order valence-corrected chi connectivity index (χ1v) is 15.6. The molecule has 4 heteroatoms. The molecule has 0 N–H and O–H groups in total. The summed E-state index contributed by atoms with van der Waals surface area (Å²) in [6, 6.07) is 0. The lowest BCUT2D eigenvalue weighted by Gasteiger charge is -2.39. The number of unbranched alkanes of at least 4 members (excludes halogenated alkanes) is 19. The first kappa shape index (κ1) is 32.1. The number of rotatable bonds is 26. The highest BCUT2D eigenvalue weighted by atomic mass is 32.2. The van der Waals surface area contributed by atoms with Crippen molar-refractivity contribution in [1.29, 1.82) is 0 Å². The Bertz CT molecular complexity index is 387. The number of hydrogen-bond donors (Lipinski definition) is 0. The SMILES string of the molecule is CCCCCCCCCCCC[N+](CCCCCCCC)(CCCCCCCC)S(=O)[O-]. The molecule has 0 fully saturated rings. The first-order valence-electron chi connectivity index (χ1n) is 14.6. The second kappa shape index (κ2) is 24.2. The summed E-state index contributed by atoms with van der Waals surface area (Å²) in [6.45, 7) is 9.25. The van der Waals surface area contributed by atoms with Crippen molar-refractivity contribution in [2.45, 2.75) is 162 Å². The van der Waals surface area contributed by atoms with E-state index in [4.69, 9.17) is 0 Å². The molecular weight excluding hydrogens is 414 g/mol. The fourth-order valence-corrected chi connectivity index (χ4v) is 5.64. The Morgan fingerprint density at radius 2 is 0.656 bits per heavy atom. The second-order valence-electron chi connectivity index (χ2n) is 10.2. The van der Waals surface area contributed by atoms with Gasteiger partial charge in [-0.15, -0.1) is 0 Å². The molecule has 32 heavy (non-hydrogen) atoms. The van der Waals surface area contributed by atoms with Crippen molar-refractivity contribution >= 4 is 11.3 Å². The predicted molar refractivity (Wildman–Crippen MR) is 142 cm³/mol. The maximum atomic E-state index is 12.4. The van der Waals surface area contributed by atoms with Gasteiger partial charge < -0.3 is 4.55 Å². The fraction of sp³-hybridized carbons (Fsp3) is 1.00. The van der Waals surface area contributed by atoms with E-state index >= 15 is 0 Å². The van der Waals surface area contributed by atoms with Gasteiger partial charge in [-0.3, -0.25) is 0 Å². The van der Waals surface area contributed by atoms with Gasteiger partial charge in [0.15, 0.2) is 0 Å². The van der Waals surface area contributed by atoms with Gasteiger partial charge in [0.2, 0.25) is 0 Å². The lowest BCUT2D eigenvalue weighted by Crippen LogP contribution is -2.51. The molecule has 0 aromatic carbocycles. The van der Waals surface area contributed by atoms with E-state index in [1.807, 2.05) is 0 Å². The third-order valence-corrected chi connectivity index (χ3v) is 8.25. The summed E-state index contributed by atoms with van der Waals surface area (Å²) in [5.74, 6) is 0. The van der Waals surface area contributed by atoms with E-state index in [-0.39, 0.29) is 0 Å². The van der Waals surface area contributed by atoms with Gasteiger partial charge >= 0.3 is 0 Å². The van der Waals surface area contributed by atoms with Crippen molar-refractivity contribution in [3.05, 3.63) is 0 Å². The molecule has 0 aliphatic carbocycles. The van der Waals surface area contributed by atoms with E-state index in [2.05, 4.69) is 20.8 Å². The largest absolute Gasteiger partial charge is 0.724 e. The van der Waals surface area contributed by atoms with Crippen LogP contribution in [0.5, 0.6) is 0 Å². The molecule has 0 aromatic heterocycles. The minimum Gasteiger partial charge on any atom is -0.724 e. The molecule has 0 amide bonds. The van der Waals surface area contributed by atoms with Gasteiger partial charge in [-0.05, 0) is 38.5 Å². The molecule has 0 spiro atoms. The van der Waals surface area contributed by atoms with E-state index in [1.165, 1.54) is 122 Å². The molecule has 0 aliphatic heterocycles. The standard InChI is InChI=1S/C28H59NO2S/c1-4-7-10-13-16-17-18-19-22-25-28-29(32(30)31,26-23-20-14-11-8-5-2)27-24-21-15-12-9-6-3/h4-28H2,1-3H3. The van der Waals surface area contributed by atoms with Gasteiger partial charge in [0.25, 0.3) is 0 Å². The highest BCUT2D eigenvalue weighted by Crippen LogP contribution is 2.20. The zero-order valence-corrected chi connectivity index (χ0v) is 23.2. The van der Waals surface area contributed by atoms with Crippen LogP contribution in [0.3, 0.4) is 0 Å². The second-order valence-corrected chi connectivity index (χ2v) is 11.4. The normalized spacial score (nSPS) is 13.0. The van der Waals surface area contributed by atoms with Gasteiger partial charge in [0.05, 0.1) is 19.6 Å². The summed E-state index contributed by atoms with van der Waals surface area (Å²) in [5, 5.41) is 0. The van der Waals surface area contributed by atoms with Crippen LogP contribution in [0.15, 0.2) is 0 Å².